The molecule has 1 amide bonds. The number of benzene rings is 1. The summed E-state index contributed by atoms with van der Waals surface area (Å²) in [4.78, 5) is 25.0. The second-order valence-corrected chi connectivity index (χ2v) is 5.84. The SMILES string of the molecule is O=C(Cc1ccccc1[N+](=O)[O-])NC1CCN(C2CC2)C1. The molecule has 1 aromatic carbocycles. The predicted octanol–water partition coefficient (Wildman–Crippen LogP) is 1.49. The zero-order valence-corrected chi connectivity index (χ0v) is 11.8. The van der Waals surface area contributed by atoms with Gasteiger partial charge in [0.15, 0.2) is 0 Å². The third-order valence-corrected chi connectivity index (χ3v) is 4.19. The smallest absolute Gasteiger partial charge is 0.273 e. The van der Waals surface area contributed by atoms with Crippen LogP contribution in [0.4, 0.5) is 5.69 Å². The maximum Gasteiger partial charge on any atom is 0.273 e. The fraction of sp³-hybridized carbons (Fsp3) is 0.533. The Morgan fingerprint density at radius 3 is 2.81 bits per heavy atom. The molecular weight excluding hydrogens is 270 g/mol. The highest BCUT2D eigenvalue weighted by atomic mass is 16.6. The van der Waals surface area contributed by atoms with Gasteiger partial charge in [-0.05, 0) is 19.3 Å². The summed E-state index contributed by atoms with van der Waals surface area (Å²) in [5.41, 5.74) is 0.482. The Labute approximate surface area is 123 Å². The maximum atomic E-state index is 12.1. The van der Waals surface area contributed by atoms with Gasteiger partial charge in [-0.15, -0.1) is 0 Å². The van der Waals surface area contributed by atoms with Gasteiger partial charge in [-0.25, -0.2) is 0 Å². The van der Waals surface area contributed by atoms with Crippen LogP contribution in [0.25, 0.3) is 0 Å². The average molecular weight is 289 g/mol. The topological polar surface area (TPSA) is 75.5 Å². The van der Waals surface area contributed by atoms with Gasteiger partial charge in [0.05, 0.1) is 11.3 Å². The van der Waals surface area contributed by atoms with E-state index in [9.17, 15) is 14.9 Å². The molecule has 6 nitrogen and oxygen atoms in total. The molecule has 6 heteroatoms. The minimum Gasteiger partial charge on any atom is -0.352 e. The molecule has 0 bridgehead atoms. The number of carbonyl (C=O) groups is 1. The number of nitro benzene ring substituents is 1. The van der Waals surface area contributed by atoms with Crippen LogP contribution in [0, 0.1) is 10.1 Å². The third-order valence-electron chi connectivity index (χ3n) is 4.19. The van der Waals surface area contributed by atoms with E-state index < -0.39 is 4.92 Å². The summed E-state index contributed by atoms with van der Waals surface area (Å²) >= 11 is 0. The Bertz CT molecular complexity index is 557. The quantitative estimate of drug-likeness (QED) is 0.658. The molecule has 1 atom stereocenters. The van der Waals surface area contributed by atoms with E-state index in [0.29, 0.717) is 5.56 Å². The van der Waals surface area contributed by atoms with Crippen LogP contribution in [0.1, 0.15) is 24.8 Å². The van der Waals surface area contributed by atoms with Crippen LogP contribution in [0.15, 0.2) is 24.3 Å². The predicted molar refractivity (Wildman–Crippen MR) is 77.9 cm³/mol. The summed E-state index contributed by atoms with van der Waals surface area (Å²) in [6.07, 6.45) is 3.59. The van der Waals surface area contributed by atoms with Crippen molar-refractivity contribution in [1.29, 1.82) is 0 Å². The number of nitro groups is 1. The van der Waals surface area contributed by atoms with Gasteiger partial charge < -0.3 is 5.32 Å². The molecule has 1 saturated heterocycles. The minimum absolute atomic E-state index is 0.0127. The number of para-hydroxylation sites is 1. The monoisotopic (exact) mass is 289 g/mol. The molecule has 21 heavy (non-hydrogen) atoms. The fourth-order valence-corrected chi connectivity index (χ4v) is 2.97. The molecule has 0 spiro atoms. The van der Waals surface area contributed by atoms with E-state index in [-0.39, 0.29) is 24.1 Å². The van der Waals surface area contributed by atoms with Crippen molar-refractivity contribution in [2.24, 2.45) is 0 Å². The Morgan fingerprint density at radius 2 is 2.10 bits per heavy atom. The summed E-state index contributed by atoms with van der Waals surface area (Å²) in [5, 5.41) is 13.9. The number of carbonyl (C=O) groups excluding carboxylic acids is 1. The van der Waals surface area contributed by atoms with Gasteiger partial charge in [-0.1, -0.05) is 18.2 Å². The van der Waals surface area contributed by atoms with E-state index in [1.54, 1.807) is 18.2 Å². The number of amides is 1. The van der Waals surface area contributed by atoms with Crippen molar-refractivity contribution in [2.75, 3.05) is 13.1 Å². The molecule has 1 aliphatic heterocycles. The van der Waals surface area contributed by atoms with Crippen molar-refractivity contribution in [3.63, 3.8) is 0 Å². The van der Waals surface area contributed by atoms with Crippen LogP contribution in [-0.4, -0.2) is 40.9 Å². The zero-order valence-electron chi connectivity index (χ0n) is 11.8. The number of hydrogen-bond acceptors (Lipinski definition) is 4. The summed E-state index contributed by atoms with van der Waals surface area (Å²) < 4.78 is 0. The Kier molecular flexibility index (Phi) is 3.88. The molecule has 1 heterocycles. The largest absolute Gasteiger partial charge is 0.352 e. The first-order chi connectivity index (χ1) is 10.1. The Balaban J connectivity index is 1.56. The lowest BCUT2D eigenvalue weighted by atomic mass is 10.1. The zero-order chi connectivity index (χ0) is 14.8. The number of likely N-dealkylation sites (tertiary alicyclic amines) is 1. The van der Waals surface area contributed by atoms with Crippen molar-refractivity contribution in [1.82, 2.24) is 10.2 Å². The molecule has 1 aliphatic carbocycles. The van der Waals surface area contributed by atoms with Crippen LogP contribution in [0.3, 0.4) is 0 Å². The highest BCUT2D eigenvalue weighted by molar-refractivity contribution is 5.80. The van der Waals surface area contributed by atoms with E-state index in [2.05, 4.69) is 10.2 Å². The molecular formula is C15H19N3O3. The van der Waals surface area contributed by atoms with E-state index in [1.807, 2.05) is 0 Å². The van der Waals surface area contributed by atoms with Crippen molar-refractivity contribution < 1.29 is 9.72 Å². The van der Waals surface area contributed by atoms with Gasteiger partial charge in [0, 0.05) is 36.8 Å². The van der Waals surface area contributed by atoms with Crippen molar-refractivity contribution >= 4 is 11.6 Å². The minimum atomic E-state index is -0.437. The van der Waals surface area contributed by atoms with E-state index in [4.69, 9.17) is 0 Å². The summed E-state index contributed by atoms with van der Waals surface area (Å²) in [7, 11) is 0. The van der Waals surface area contributed by atoms with Crippen LogP contribution in [0.5, 0.6) is 0 Å². The second-order valence-electron chi connectivity index (χ2n) is 5.84. The second kappa shape index (κ2) is 5.81. The van der Waals surface area contributed by atoms with Crippen LogP contribution in [0.2, 0.25) is 0 Å². The first-order valence-corrected chi connectivity index (χ1v) is 7.39. The molecule has 0 radical (unpaired) electrons. The molecule has 1 saturated carbocycles. The lowest BCUT2D eigenvalue weighted by Gasteiger charge is -2.15. The van der Waals surface area contributed by atoms with Gasteiger partial charge >= 0.3 is 0 Å². The standard InChI is InChI=1S/C15H19N3O3/c19-15(9-11-3-1-2-4-14(11)18(20)21)16-12-7-8-17(10-12)13-5-6-13/h1-4,12-13H,5-10H2,(H,16,19). The van der Waals surface area contributed by atoms with Crippen molar-refractivity contribution in [2.45, 2.75) is 37.8 Å². The Hall–Kier alpha value is -1.95. The average Bonchev–Trinajstić information content (AvgIpc) is 3.20. The molecule has 1 unspecified atom stereocenters. The van der Waals surface area contributed by atoms with Gasteiger partial charge in [0.2, 0.25) is 5.91 Å². The Morgan fingerprint density at radius 1 is 1.33 bits per heavy atom. The van der Waals surface area contributed by atoms with Gasteiger partial charge in [0.1, 0.15) is 0 Å². The molecule has 1 N–H and O–H groups in total. The summed E-state index contributed by atoms with van der Waals surface area (Å²) in [6.45, 7) is 1.95. The number of rotatable bonds is 5. The summed E-state index contributed by atoms with van der Waals surface area (Å²) in [5.74, 6) is -0.132. The number of hydrogen-bond donors (Lipinski definition) is 1. The summed E-state index contributed by atoms with van der Waals surface area (Å²) in [6, 6.07) is 7.32. The van der Waals surface area contributed by atoms with Gasteiger partial charge in [0.25, 0.3) is 5.69 Å². The highest BCUT2D eigenvalue weighted by Gasteiger charge is 2.34. The normalized spacial score (nSPS) is 22.2. The highest BCUT2D eigenvalue weighted by Crippen LogP contribution is 2.29. The van der Waals surface area contributed by atoms with E-state index >= 15 is 0 Å². The van der Waals surface area contributed by atoms with Gasteiger partial charge in [-0.2, -0.15) is 0 Å². The van der Waals surface area contributed by atoms with Crippen LogP contribution in [-0.2, 0) is 11.2 Å². The number of nitrogens with zero attached hydrogens (tertiary/aromatic N) is 2. The van der Waals surface area contributed by atoms with E-state index in [0.717, 1.165) is 25.6 Å². The van der Waals surface area contributed by atoms with Crippen LogP contribution < -0.4 is 5.32 Å². The van der Waals surface area contributed by atoms with Crippen molar-refractivity contribution in [3.05, 3.63) is 39.9 Å². The molecule has 1 aromatic rings. The van der Waals surface area contributed by atoms with Gasteiger partial charge in [-0.3, -0.25) is 19.8 Å². The molecule has 3 rings (SSSR count). The van der Waals surface area contributed by atoms with Crippen LogP contribution >= 0.6 is 0 Å². The first-order valence-electron chi connectivity index (χ1n) is 7.39. The van der Waals surface area contributed by atoms with Crippen molar-refractivity contribution in [3.8, 4) is 0 Å². The molecule has 2 fully saturated rings. The lowest BCUT2D eigenvalue weighted by Crippen LogP contribution is -2.38. The lowest BCUT2D eigenvalue weighted by molar-refractivity contribution is -0.385. The van der Waals surface area contributed by atoms with E-state index in [1.165, 1.54) is 18.9 Å². The molecule has 0 aromatic heterocycles. The first kappa shape index (κ1) is 14.0. The fourth-order valence-electron chi connectivity index (χ4n) is 2.97. The molecule has 2 aliphatic rings. The maximum absolute atomic E-state index is 12.1. The number of nitrogens with one attached hydrogen (secondary N) is 1. The third kappa shape index (κ3) is 3.39. The molecule has 112 valence electrons.